The van der Waals surface area contributed by atoms with E-state index >= 15 is 0 Å². The van der Waals surface area contributed by atoms with Crippen molar-refractivity contribution in [2.45, 2.75) is 4.90 Å². The second kappa shape index (κ2) is 10.4. The van der Waals surface area contributed by atoms with Crippen LogP contribution in [0.3, 0.4) is 0 Å². The van der Waals surface area contributed by atoms with Crippen LogP contribution in [0.1, 0.15) is 15.9 Å². The number of para-hydroxylation sites is 1. The minimum atomic E-state index is -3.93. The molecule has 31 heavy (non-hydrogen) atoms. The first kappa shape index (κ1) is 22.7. The number of amides is 1. The van der Waals surface area contributed by atoms with Crippen LogP contribution >= 0.6 is 27.5 Å². The first-order valence-corrected chi connectivity index (χ1v) is 11.6. The van der Waals surface area contributed by atoms with Crippen LogP contribution in [-0.2, 0) is 10.0 Å². The molecule has 0 aliphatic carbocycles. The van der Waals surface area contributed by atoms with Gasteiger partial charge in [-0.3, -0.25) is 9.52 Å². The average molecular weight is 519 g/mol. The molecule has 0 aliphatic rings. The smallest absolute Gasteiger partial charge is 0.271 e. The van der Waals surface area contributed by atoms with Crippen LogP contribution in [0.2, 0.25) is 5.02 Å². The molecule has 0 unspecified atom stereocenters. The van der Waals surface area contributed by atoms with Crippen LogP contribution in [0, 0.1) is 0 Å². The topological polar surface area (TPSA) is 87.6 Å². The maximum atomic E-state index is 12.7. The first-order chi connectivity index (χ1) is 14.8. The summed E-state index contributed by atoms with van der Waals surface area (Å²) in [6.07, 6.45) is 3.27. The number of hydrogen-bond acceptors (Lipinski definition) is 4. The maximum absolute atomic E-state index is 12.7. The van der Waals surface area contributed by atoms with Gasteiger partial charge in [0.25, 0.3) is 15.9 Å². The zero-order valence-electron chi connectivity index (χ0n) is 16.0. The van der Waals surface area contributed by atoms with Gasteiger partial charge in [0.1, 0.15) is 0 Å². The number of carbonyl (C=O) groups excluding carboxylic acids is 1. The van der Waals surface area contributed by atoms with Crippen LogP contribution in [0.25, 0.3) is 6.08 Å². The molecule has 3 aromatic rings. The lowest BCUT2D eigenvalue weighted by Gasteiger charge is -2.10. The number of rotatable bonds is 7. The van der Waals surface area contributed by atoms with Crippen LogP contribution in [0.15, 0.2) is 93.3 Å². The van der Waals surface area contributed by atoms with E-state index in [0.717, 1.165) is 5.56 Å². The Morgan fingerprint density at radius 2 is 1.68 bits per heavy atom. The van der Waals surface area contributed by atoms with Crippen molar-refractivity contribution in [2.24, 2.45) is 5.10 Å². The molecule has 3 aromatic carbocycles. The molecule has 0 spiro atoms. The Balaban J connectivity index is 1.70. The molecular formula is C22H17BrClN3O3S. The fraction of sp³-hybridized carbons (Fsp3) is 0. The molecule has 6 nitrogen and oxygen atoms in total. The summed E-state index contributed by atoms with van der Waals surface area (Å²) in [6.45, 7) is 0. The normalized spacial score (nSPS) is 12.0. The number of sulfonamides is 1. The van der Waals surface area contributed by atoms with Crippen LogP contribution in [-0.4, -0.2) is 20.5 Å². The molecule has 1 amide bonds. The number of hydrazone groups is 1. The highest BCUT2D eigenvalue weighted by Crippen LogP contribution is 2.24. The van der Waals surface area contributed by atoms with Crippen LogP contribution in [0.4, 0.5) is 5.69 Å². The van der Waals surface area contributed by atoms with Gasteiger partial charge in [0.15, 0.2) is 0 Å². The number of allylic oxidation sites excluding steroid dienone is 1. The summed E-state index contributed by atoms with van der Waals surface area (Å²) in [7, 11) is -3.93. The molecule has 0 aliphatic heterocycles. The van der Waals surface area contributed by atoms with Crippen LogP contribution in [0.5, 0.6) is 0 Å². The summed E-state index contributed by atoms with van der Waals surface area (Å²) >= 11 is 9.38. The largest absolute Gasteiger partial charge is 0.278 e. The highest BCUT2D eigenvalue weighted by molar-refractivity contribution is 9.12. The number of nitrogens with one attached hydrogen (secondary N) is 2. The lowest BCUT2D eigenvalue weighted by molar-refractivity contribution is 0.0955. The van der Waals surface area contributed by atoms with Crippen LogP contribution < -0.4 is 10.1 Å². The van der Waals surface area contributed by atoms with Crippen molar-refractivity contribution in [2.75, 3.05) is 4.72 Å². The van der Waals surface area contributed by atoms with Gasteiger partial charge in [-0.05, 0) is 57.9 Å². The molecule has 0 saturated heterocycles. The van der Waals surface area contributed by atoms with Crippen molar-refractivity contribution in [3.63, 3.8) is 0 Å². The molecule has 0 atom stereocenters. The van der Waals surface area contributed by atoms with E-state index in [2.05, 4.69) is 31.2 Å². The summed E-state index contributed by atoms with van der Waals surface area (Å²) in [5, 5.41) is 4.16. The van der Waals surface area contributed by atoms with Gasteiger partial charge in [0, 0.05) is 10.0 Å². The Bertz CT molecular complexity index is 1250. The number of nitrogens with zero attached hydrogens (tertiary/aromatic N) is 1. The highest BCUT2D eigenvalue weighted by atomic mass is 79.9. The molecule has 9 heteroatoms. The summed E-state index contributed by atoms with van der Waals surface area (Å²) in [4.78, 5) is 12.3. The average Bonchev–Trinajstić information content (AvgIpc) is 2.76. The Hall–Kier alpha value is -2.94. The third-order valence-electron chi connectivity index (χ3n) is 3.98. The van der Waals surface area contributed by atoms with E-state index in [1.807, 2.05) is 36.4 Å². The lowest BCUT2D eigenvalue weighted by Crippen LogP contribution is -2.19. The molecule has 0 bridgehead atoms. The zero-order valence-corrected chi connectivity index (χ0v) is 19.2. The van der Waals surface area contributed by atoms with Crippen molar-refractivity contribution in [3.05, 3.63) is 99.5 Å². The summed E-state index contributed by atoms with van der Waals surface area (Å²) < 4.78 is 28.4. The monoisotopic (exact) mass is 517 g/mol. The van der Waals surface area contributed by atoms with Crippen molar-refractivity contribution in [1.82, 2.24) is 5.43 Å². The van der Waals surface area contributed by atoms with Gasteiger partial charge >= 0.3 is 0 Å². The zero-order chi connectivity index (χ0) is 22.3. The van der Waals surface area contributed by atoms with Crippen molar-refractivity contribution < 1.29 is 13.2 Å². The predicted octanol–water partition coefficient (Wildman–Crippen LogP) is 5.29. The number of carbonyl (C=O) groups is 1. The molecule has 0 fully saturated rings. The number of benzene rings is 3. The van der Waals surface area contributed by atoms with E-state index in [9.17, 15) is 13.2 Å². The molecule has 0 aromatic heterocycles. The molecule has 0 heterocycles. The van der Waals surface area contributed by atoms with E-state index in [-0.39, 0.29) is 21.2 Å². The van der Waals surface area contributed by atoms with Gasteiger partial charge in [0.05, 0.1) is 21.8 Å². The fourth-order valence-corrected chi connectivity index (χ4v) is 4.25. The van der Waals surface area contributed by atoms with E-state index in [0.29, 0.717) is 4.48 Å². The predicted molar refractivity (Wildman–Crippen MR) is 128 cm³/mol. The van der Waals surface area contributed by atoms with E-state index in [4.69, 9.17) is 11.6 Å². The summed E-state index contributed by atoms with van der Waals surface area (Å²) in [5.74, 6) is -0.550. The quantitative estimate of drug-likeness (QED) is 0.329. The molecular weight excluding hydrogens is 502 g/mol. The third kappa shape index (κ3) is 6.52. The van der Waals surface area contributed by atoms with Crippen molar-refractivity contribution in [1.29, 1.82) is 0 Å². The first-order valence-electron chi connectivity index (χ1n) is 8.98. The maximum Gasteiger partial charge on any atom is 0.271 e. The molecule has 158 valence electrons. The van der Waals surface area contributed by atoms with Gasteiger partial charge in [-0.1, -0.05) is 60.1 Å². The van der Waals surface area contributed by atoms with Gasteiger partial charge in [-0.25, -0.2) is 13.8 Å². The van der Waals surface area contributed by atoms with Crippen molar-refractivity contribution in [3.8, 4) is 0 Å². The minimum Gasteiger partial charge on any atom is -0.278 e. The van der Waals surface area contributed by atoms with E-state index in [1.54, 1.807) is 24.3 Å². The van der Waals surface area contributed by atoms with Gasteiger partial charge in [-0.15, -0.1) is 0 Å². The molecule has 0 radical (unpaired) electrons. The van der Waals surface area contributed by atoms with Gasteiger partial charge in [-0.2, -0.15) is 5.10 Å². The number of hydrogen-bond donors (Lipinski definition) is 2. The molecule has 2 N–H and O–H groups in total. The summed E-state index contributed by atoms with van der Waals surface area (Å²) in [6, 6.07) is 21.7. The highest BCUT2D eigenvalue weighted by Gasteiger charge is 2.17. The Labute approximate surface area is 193 Å². The molecule has 0 saturated carbocycles. The van der Waals surface area contributed by atoms with Gasteiger partial charge in [0.2, 0.25) is 0 Å². The SMILES string of the molecule is O=C(N/N=C\C(Br)=C\c1ccccc1)c1cccc(S(=O)(=O)Nc2ccccc2Cl)c1. The number of anilines is 1. The molecule has 3 rings (SSSR count). The second-order valence-electron chi connectivity index (χ2n) is 6.25. The van der Waals surface area contributed by atoms with E-state index in [1.165, 1.54) is 30.5 Å². The Morgan fingerprint density at radius 3 is 2.42 bits per heavy atom. The van der Waals surface area contributed by atoms with Crippen molar-refractivity contribution >= 4 is 61.4 Å². The Kier molecular flexibility index (Phi) is 7.62. The van der Waals surface area contributed by atoms with Gasteiger partial charge < -0.3 is 0 Å². The number of halogens is 2. The fourth-order valence-electron chi connectivity index (χ4n) is 2.52. The second-order valence-corrected chi connectivity index (χ2v) is 9.26. The Morgan fingerprint density at radius 1 is 0.968 bits per heavy atom. The van der Waals surface area contributed by atoms with E-state index < -0.39 is 15.9 Å². The third-order valence-corrected chi connectivity index (χ3v) is 6.11. The summed E-state index contributed by atoms with van der Waals surface area (Å²) in [5.41, 5.74) is 3.73. The lowest BCUT2D eigenvalue weighted by atomic mass is 10.2. The standard InChI is InChI=1S/C22H17BrClN3O3S/c23-18(13-16-7-2-1-3-8-16)15-25-26-22(28)17-9-6-10-19(14-17)31(29,30)27-21-12-5-4-11-20(21)24/h1-15,27H,(H,26,28)/b18-13-,25-15-. The minimum absolute atomic E-state index is 0.0748.